The van der Waals surface area contributed by atoms with Crippen molar-refractivity contribution >= 4 is 0 Å². The minimum atomic E-state index is -0.357. The van der Waals surface area contributed by atoms with Crippen molar-refractivity contribution in [3.05, 3.63) is 46.2 Å². The first-order valence-electron chi connectivity index (χ1n) is 6.72. The van der Waals surface area contributed by atoms with Crippen molar-refractivity contribution in [3.8, 4) is 23.1 Å². The number of ether oxygens (including phenoxy) is 1. The Kier molecular flexibility index (Phi) is 4.39. The molecule has 0 aliphatic carbocycles. The van der Waals surface area contributed by atoms with E-state index in [1.807, 2.05) is 44.2 Å². The largest absolute Gasteiger partial charge is 0.496 e. The lowest BCUT2D eigenvalue weighted by atomic mass is 10.1. The second kappa shape index (κ2) is 6.23. The molecule has 0 aliphatic heterocycles. The second-order valence-corrected chi connectivity index (χ2v) is 5.14. The van der Waals surface area contributed by atoms with Crippen molar-refractivity contribution in [3.63, 3.8) is 0 Å². The predicted molar refractivity (Wildman–Crippen MR) is 80.0 cm³/mol. The van der Waals surface area contributed by atoms with E-state index in [9.17, 15) is 4.79 Å². The highest BCUT2D eigenvalue weighted by atomic mass is 16.5. The number of rotatable bonds is 4. The van der Waals surface area contributed by atoms with Crippen LogP contribution in [0.3, 0.4) is 0 Å². The molecule has 1 aromatic carbocycles. The Morgan fingerprint density at radius 2 is 2.10 bits per heavy atom. The van der Waals surface area contributed by atoms with Crippen molar-refractivity contribution in [1.29, 1.82) is 5.26 Å². The van der Waals surface area contributed by atoms with Gasteiger partial charge in [-0.15, -0.1) is 0 Å². The lowest BCUT2D eigenvalue weighted by molar-refractivity contribution is 0.415. The first-order valence-corrected chi connectivity index (χ1v) is 6.72. The molecule has 5 nitrogen and oxygen atoms in total. The number of nitriles is 1. The Labute approximate surface area is 123 Å². The summed E-state index contributed by atoms with van der Waals surface area (Å²) in [5.74, 6) is 0.915. The molecule has 0 atom stereocenters. The third-order valence-corrected chi connectivity index (χ3v) is 3.02. The lowest BCUT2D eigenvalue weighted by Crippen LogP contribution is -2.27. The maximum atomic E-state index is 12.1. The van der Waals surface area contributed by atoms with Crippen LogP contribution in [0.2, 0.25) is 0 Å². The van der Waals surface area contributed by atoms with Gasteiger partial charge in [0, 0.05) is 12.1 Å². The van der Waals surface area contributed by atoms with E-state index in [1.165, 1.54) is 10.7 Å². The molecular weight excluding hydrogens is 266 g/mol. The average molecular weight is 283 g/mol. The highest BCUT2D eigenvalue weighted by Crippen LogP contribution is 2.27. The molecule has 0 aliphatic rings. The number of benzene rings is 1. The van der Waals surface area contributed by atoms with Crippen molar-refractivity contribution < 1.29 is 4.74 Å². The summed E-state index contributed by atoms with van der Waals surface area (Å²) < 4.78 is 6.67. The predicted octanol–water partition coefficient (Wildman–Crippen LogP) is 2.45. The topological polar surface area (TPSA) is 67.9 Å². The molecule has 1 heterocycles. The highest BCUT2D eigenvalue weighted by Gasteiger charge is 2.13. The van der Waals surface area contributed by atoms with Crippen LogP contribution in [0.4, 0.5) is 0 Å². The van der Waals surface area contributed by atoms with E-state index < -0.39 is 0 Å². The van der Waals surface area contributed by atoms with Gasteiger partial charge in [0.25, 0.3) is 5.56 Å². The molecule has 0 saturated carbocycles. The van der Waals surface area contributed by atoms with Gasteiger partial charge in [0.05, 0.1) is 12.8 Å². The molecule has 0 bridgehead atoms. The quantitative estimate of drug-likeness (QED) is 0.864. The number of hydrogen-bond donors (Lipinski definition) is 0. The summed E-state index contributed by atoms with van der Waals surface area (Å²) in [6.45, 7) is 4.46. The Hall–Kier alpha value is -2.61. The highest BCUT2D eigenvalue weighted by molar-refractivity contribution is 5.67. The molecule has 0 saturated heterocycles. The summed E-state index contributed by atoms with van der Waals surface area (Å²) in [5, 5.41) is 13.5. The summed E-state index contributed by atoms with van der Waals surface area (Å²) in [6.07, 6.45) is 0. The van der Waals surface area contributed by atoms with Gasteiger partial charge in [-0.05, 0) is 24.1 Å². The molecule has 21 heavy (non-hydrogen) atoms. The number of methoxy groups -OCH3 is 1. The summed E-state index contributed by atoms with van der Waals surface area (Å²) >= 11 is 0. The molecule has 0 radical (unpaired) electrons. The van der Waals surface area contributed by atoms with E-state index in [0.717, 1.165) is 5.56 Å². The van der Waals surface area contributed by atoms with Gasteiger partial charge in [-0.25, -0.2) is 4.68 Å². The first-order chi connectivity index (χ1) is 10.1. The van der Waals surface area contributed by atoms with Crippen LogP contribution >= 0.6 is 0 Å². The molecule has 108 valence electrons. The first kappa shape index (κ1) is 14.8. The van der Waals surface area contributed by atoms with Gasteiger partial charge in [-0.3, -0.25) is 4.79 Å². The van der Waals surface area contributed by atoms with Crippen LogP contribution in [0, 0.1) is 17.2 Å². The smallest absolute Gasteiger partial charge is 0.284 e. The Balaban J connectivity index is 2.65. The molecule has 0 amide bonds. The number of hydrogen-bond acceptors (Lipinski definition) is 4. The van der Waals surface area contributed by atoms with E-state index in [0.29, 0.717) is 18.0 Å². The molecule has 5 heteroatoms. The third kappa shape index (κ3) is 3.11. The summed E-state index contributed by atoms with van der Waals surface area (Å²) in [4.78, 5) is 12.1. The zero-order valence-corrected chi connectivity index (χ0v) is 12.3. The maximum absolute atomic E-state index is 12.1. The number of nitrogens with zero attached hydrogens (tertiary/aromatic N) is 3. The maximum Gasteiger partial charge on any atom is 0.284 e. The van der Waals surface area contributed by atoms with Crippen LogP contribution < -0.4 is 10.3 Å². The van der Waals surface area contributed by atoms with E-state index in [1.54, 1.807) is 7.11 Å². The van der Waals surface area contributed by atoms with E-state index in [-0.39, 0.29) is 17.0 Å². The van der Waals surface area contributed by atoms with Crippen LogP contribution in [0.1, 0.15) is 19.4 Å². The number of aromatic nitrogens is 2. The Morgan fingerprint density at radius 1 is 1.38 bits per heavy atom. The van der Waals surface area contributed by atoms with Crippen molar-refractivity contribution in [2.75, 3.05) is 7.11 Å². The minimum Gasteiger partial charge on any atom is -0.496 e. The van der Waals surface area contributed by atoms with Gasteiger partial charge in [0.15, 0.2) is 0 Å². The van der Waals surface area contributed by atoms with Gasteiger partial charge in [0.1, 0.15) is 17.4 Å². The Bertz CT molecular complexity index is 742. The lowest BCUT2D eigenvalue weighted by Gasteiger charge is -2.12. The van der Waals surface area contributed by atoms with Gasteiger partial charge >= 0.3 is 0 Å². The monoisotopic (exact) mass is 283 g/mol. The average Bonchev–Trinajstić information content (AvgIpc) is 2.48. The third-order valence-electron chi connectivity index (χ3n) is 3.02. The van der Waals surface area contributed by atoms with Crippen LogP contribution in [0.25, 0.3) is 11.3 Å². The van der Waals surface area contributed by atoms with Crippen molar-refractivity contribution in [2.24, 2.45) is 5.92 Å². The minimum absolute atomic E-state index is 0.0894. The molecule has 0 unspecified atom stereocenters. The molecule has 2 aromatic rings. The van der Waals surface area contributed by atoms with Gasteiger partial charge < -0.3 is 4.74 Å². The van der Waals surface area contributed by atoms with Gasteiger partial charge in [0.2, 0.25) is 0 Å². The van der Waals surface area contributed by atoms with Gasteiger partial charge in [-0.2, -0.15) is 10.4 Å². The molecule has 0 spiro atoms. The fourth-order valence-electron chi connectivity index (χ4n) is 2.08. The van der Waals surface area contributed by atoms with Crippen LogP contribution in [0.15, 0.2) is 35.1 Å². The standard InChI is InChI=1S/C16H17N3O2/c1-11(2)10-19-16(20)12(9-17)8-14(18-19)13-6-4-5-7-15(13)21-3/h4-8,11H,10H2,1-3H3. The fourth-order valence-corrected chi connectivity index (χ4v) is 2.08. The van der Waals surface area contributed by atoms with Crippen LogP contribution in [0.5, 0.6) is 5.75 Å². The van der Waals surface area contributed by atoms with Crippen LogP contribution in [-0.2, 0) is 6.54 Å². The summed E-state index contributed by atoms with van der Waals surface area (Å²) in [7, 11) is 1.58. The number of para-hydroxylation sites is 1. The SMILES string of the molecule is COc1ccccc1-c1cc(C#N)c(=O)n(CC(C)C)n1. The molecule has 2 rings (SSSR count). The zero-order valence-electron chi connectivity index (χ0n) is 12.3. The normalized spacial score (nSPS) is 10.4. The molecule has 1 aromatic heterocycles. The second-order valence-electron chi connectivity index (χ2n) is 5.14. The van der Waals surface area contributed by atoms with Crippen molar-refractivity contribution in [2.45, 2.75) is 20.4 Å². The van der Waals surface area contributed by atoms with Crippen molar-refractivity contribution in [1.82, 2.24) is 9.78 Å². The fraction of sp³-hybridized carbons (Fsp3) is 0.312. The molecular formula is C16H17N3O2. The summed E-state index contributed by atoms with van der Waals surface area (Å²) in [6, 6.07) is 10.9. The molecule has 0 fully saturated rings. The van der Waals surface area contributed by atoms with E-state index in [4.69, 9.17) is 10.00 Å². The van der Waals surface area contributed by atoms with Gasteiger partial charge in [-0.1, -0.05) is 26.0 Å². The summed E-state index contributed by atoms with van der Waals surface area (Å²) in [5.41, 5.74) is 1.05. The van der Waals surface area contributed by atoms with Crippen LogP contribution in [-0.4, -0.2) is 16.9 Å². The van der Waals surface area contributed by atoms with E-state index >= 15 is 0 Å². The zero-order chi connectivity index (χ0) is 15.4. The molecule has 0 N–H and O–H groups in total. The van der Waals surface area contributed by atoms with E-state index in [2.05, 4.69) is 5.10 Å². The Morgan fingerprint density at radius 3 is 2.71 bits per heavy atom.